The maximum atomic E-state index is 5.58. The maximum absolute atomic E-state index is 5.58. The average molecular weight is 223 g/mol. The standard InChI is InChI=1S/C11H17N3S/c1-7(2)9-4-3-8(6-12)5-10(9)14-11(13)15/h3-5,7H,6,12H2,1-2H3,(H3,13,14,15). The van der Waals surface area contributed by atoms with Gasteiger partial charge in [-0.05, 0) is 35.3 Å². The van der Waals surface area contributed by atoms with Crippen LogP contribution in [0.15, 0.2) is 18.2 Å². The molecule has 3 nitrogen and oxygen atoms in total. The molecule has 5 N–H and O–H groups in total. The van der Waals surface area contributed by atoms with E-state index in [-0.39, 0.29) is 5.11 Å². The Morgan fingerprint density at radius 2 is 2.13 bits per heavy atom. The lowest BCUT2D eigenvalue weighted by Crippen LogP contribution is -2.20. The van der Waals surface area contributed by atoms with E-state index in [1.807, 2.05) is 12.1 Å². The van der Waals surface area contributed by atoms with Crippen LogP contribution in [-0.4, -0.2) is 5.11 Å². The Morgan fingerprint density at radius 3 is 2.60 bits per heavy atom. The van der Waals surface area contributed by atoms with Crippen LogP contribution in [-0.2, 0) is 6.54 Å². The highest BCUT2D eigenvalue weighted by Crippen LogP contribution is 2.25. The van der Waals surface area contributed by atoms with Gasteiger partial charge in [0.15, 0.2) is 5.11 Å². The smallest absolute Gasteiger partial charge is 0.168 e. The molecule has 0 saturated carbocycles. The molecule has 1 rings (SSSR count). The predicted octanol–water partition coefficient (Wildman–Crippen LogP) is 1.92. The zero-order valence-electron chi connectivity index (χ0n) is 9.08. The molecule has 0 radical (unpaired) electrons. The number of nitrogens with one attached hydrogen (secondary N) is 1. The van der Waals surface area contributed by atoms with Gasteiger partial charge < -0.3 is 16.8 Å². The lowest BCUT2D eigenvalue weighted by atomic mass is 9.99. The van der Waals surface area contributed by atoms with E-state index in [9.17, 15) is 0 Å². The minimum Gasteiger partial charge on any atom is -0.376 e. The van der Waals surface area contributed by atoms with E-state index < -0.39 is 0 Å². The highest BCUT2D eigenvalue weighted by atomic mass is 32.1. The van der Waals surface area contributed by atoms with Crippen molar-refractivity contribution in [3.05, 3.63) is 29.3 Å². The van der Waals surface area contributed by atoms with Gasteiger partial charge in [0.2, 0.25) is 0 Å². The summed E-state index contributed by atoms with van der Waals surface area (Å²) in [7, 11) is 0. The van der Waals surface area contributed by atoms with Crippen molar-refractivity contribution in [2.24, 2.45) is 11.5 Å². The second-order valence-corrected chi connectivity index (χ2v) is 4.21. The summed E-state index contributed by atoms with van der Waals surface area (Å²) in [6.45, 7) is 4.77. The molecule has 0 aliphatic rings. The van der Waals surface area contributed by atoms with E-state index >= 15 is 0 Å². The summed E-state index contributed by atoms with van der Waals surface area (Å²) < 4.78 is 0. The number of nitrogens with two attached hydrogens (primary N) is 2. The molecule has 0 amide bonds. The molecule has 0 bridgehead atoms. The van der Waals surface area contributed by atoms with Crippen molar-refractivity contribution in [3.63, 3.8) is 0 Å². The van der Waals surface area contributed by atoms with Gasteiger partial charge >= 0.3 is 0 Å². The van der Waals surface area contributed by atoms with E-state index in [0.29, 0.717) is 12.5 Å². The molecule has 0 unspecified atom stereocenters. The first-order chi connectivity index (χ1) is 7.04. The van der Waals surface area contributed by atoms with Crippen LogP contribution in [0.1, 0.15) is 30.9 Å². The van der Waals surface area contributed by atoms with Gasteiger partial charge in [-0.3, -0.25) is 0 Å². The second kappa shape index (κ2) is 5.09. The number of thiocarbonyl (C=S) groups is 1. The van der Waals surface area contributed by atoms with Gasteiger partial charge in [0.25, 0.3) is 0 Å². The van der Waals surface area contributed by atoms with Gasteiger partial charge in [0.1, 0.15) is 0 Å². The molecule has 0 spiro atoms. The summed E-state index contributed by atoms with van der Waals surface area (Å²) >= 11 is 4.84. The Hall–Kier alpha value is -1.13. The summed E-state index contributed by atoms with van der Waals surface area (Å²) in [6.07, 6.45) is 0. The van der Waals surface area contributed by atoms with Gasteiger partial charge in [-0.2, -0.15) is 0 Å². The molecule has 0 aliphatic carbocycles. The predicted molar refractivity (Wildman–Crippen MR) is 68.8 cm³/mol. The molecule has 82 valence electrons. The quantitative estimate of drug-likeness (QED) is 0.685. The molecule has 1 aromatic rings. The third-order valence-electron chi connectivity index (χ3n) is 2.23. The van der Waals surface area contributed by atoms with Crippen molar-refractivity contribution >= 4 is 23.0 Å². The molecule has 15 heavy (non-hydrogen) atoms. The maximum Gasteiger partial charge on any atom is 0.168 e. The number of anilines is 1. The molecule has 0 aromatic heterocycles. The molecule has 0 saturated heterocycles. The zero-order valence-corrected chi connectivity index (χ0v) is 9.90. The third-order valence-corrected chi connectivity index (χ3v) is 2.34. The van der Waals surface area contributed by atoms with E-state index in [1.165, 1.54) is 5.56 Å². The molecular weight excluding hydrogens is 206 g/mol. The minimum absolute atomic E-state index is 0.283. The van der Waals surface area contributed by atoms with E-state index in [4.69, 9.17) is 23.7 Å². The molecule has 4 heteroatoms. The molecule has 0 atom stereocenters. The Balaban J connectivity index is 3.10. The fraction of sp³-hybridized carbons (Fsp3) is 0.364. The first-order valence-corrected chi connectivity index (χ1v) is 5.34. The Morgan fingerprint density at radius 1 is 1.47 bits per heavy atom. The largest absolute Gasteiger partial charge is 0.376 e. The Bertz CT molecular complexity index is 361. The van der Waals surface area contributed by atoms with E-state index in [0.717, 1.165) is 11.3 Å². The molecule has 1 aromatic carbocycles. The third kappa shape index (κ3) is 3.18. The number of benzene rings is 1. The fourth-order valence-corrected chi connectivity index (χ4v) is 1.58. The molecule has 0 fully saturated rings. The first kappa shape index (κ1) is 11.9. The number of hydrogen-bond acceptors (Lipinski definition) is 2. The van der Waals surface area contributed by atoms with Crippen LogP contribution >= 0.6 is 12.2 Å². The SMILES string of the molecule is CC(C)c1ccc(CN)cc1NC(N)=S. The van der Waals surface area contributed by atoms with Crippen LogP contribution in [0.25, 0.3) is 0 Å². The summed E-state index contributed by atoms with van der Waals surface area (Å²) in [6, 6.07) is 6.09. The lowest BCUT2D eigenvalue weighted by Gasteiger charge is -2.15. The van der Waals surface area contributed by atoms with Crippen LogP contribution in [0.4, 0.5) is 5.69 Å². The van der Waals surface area contributed by atoms with Crippen molar-refractivity contribution in [2.45, 2.75) is 26.3 Å². The van der Waals surface area contributed by atoms with Crippen LogP contribution < -0.4 is 16.8 Å². The molecule has 0 aliphatic heterocycles. The highest BCUT2D eigenvalue weighted by Gasteiger charge is 2.07. The van der Waals surface area contributed by atoms with Gasteiger partial charge in [-0.1, -0.05) is 26.0 Å². The van der Waals surface area contributed by atoms with Crippen molar-refractivity contribution in [1.29, 1.82) is 0 Å². The van der Waals surface area contributed by atoms with Crippen LogP contribution in [0.2, 0.25) is 0 Å². The zero-order chi connectivity index (χ0) is 11.4. The first-order valence-electron chi connectivity index (χ1n) is 4.94. The van der Waals surface area contributed by atoms with Gasteiger partial charge in [-0.15, -0.1) is 0 Å². The van der Waals surface area contributed by atoms with Crippen molar-refractivity contribution in [2.75, 3.05) is 5.32 Å². The topological polar surface area (TPSA) is 64.1 Å². The lowest BCUT2D eigenvalue weighted by molar-refractivity contribution is 0.867. The van der Waals surface area contributed by atoms with Crippen LogP contribution in [0, 0.1) is 0 Å². The summed E-state index contributed by atoms with van der Waals surface area (Å²) in [4.78, 5) is 0. The minimum atomic E-state index is 0.283. The Labute approximate surface area is 95.8 Å². The van der Waals surface area contributed by atoms with Crippen molar-refractivity contribution < 1.29 is 0 Å². The van der Waals surface area contributed by atoms with E-state index in [1.54, 1.807) is 0 Å². The number of hydrogen-bond donors (Lipinski definition) is 3. The normalized spacial score (nSPS) is 10.4. The van der Waals surface area contributed by atoms with Crippen LogP contribution in [0.3, 0.4) is 0 Å². The van der Waals surface area contributed by atoms with E-state index in [2.05, 4.69) is 25.2 Å². The van der Waals surface area contributed by atoms with Crippen molar-refractivity contribution in [3.8, 4) is 0 Å². The van der Waals surface area contributed by atoms with Crippen molar-refractivity contribution in [1.82, 2.24) is 0 Å². The second-order valence-electron chi connectivity index (χ2n) is 3.77. The highest BCUT2D eigenvalue weighted by molar-refractivity contribution is 7.80. The molecular formula is C11H17N3S. The summed E-state index contributed by atoms with van der Waals surface area (Å²) in [5.41, 5.74) is 14.3. The fourth-order valence-electron chi connectivity index (χ4n) is 1.47. The van der Waals surface area contributed by atoms with Gasteiger partial charge in [0, 0.05) is 12.2 Å². The molecule has 0 heterocycles. The monoisotopic (exact) mass is 223 g/mol. The number of rotatable bonds is 3. The van der Waals surface area contributed by atoms with Gasteiger partial charge in [0.05, 0.1) is 0 Å². The van der Waals surface area contributed by atoms with Gasteiger partial charge in [-0.25, -0.2) is 0 Å². The summed E-state index contributed by atoms with van der Waals surface area (Å²) in [5, 5.41) is 3.27. The average Bonchev–Trinajstić information content (AvgIpc) is 2.16. The Kier molecular flexibility index (Phi) is 4.05. The summed E-state index contributed by atoms with van der Waals surface area (Å²) in [5.74, 6) is 0.425. The van der Waals surface area contributed by atoms with Crippen LogP contribution in [0.5, 0.6) is 0 Å².